The number of aromatic nitrogens is 5. The van der Waals surface area contributed by atoms with E-state index in [9.17, 15) is 4.79 Å². The standard InChI is InChI=1S/C27H27N7O/c35-27(33-12-10-32(11-13-33)24-5-8-28-9-6-24)25-14-22(19-34(25)18-20-3-4-20)23-16-30-26(31-17-23)21-2-1-7-29-15-21/h1-2,5-9,14-17,19-20H,3-4,10-13,18H2. The van der Waals surface area contributed by atoms with E-state index < -0.39 is 0 Å². The molecule has 8 heteroatoms. The van der Waals surface area contributed by atoms with Gasteiger partial charge in [0, 0.05) is 98.5 Å². The van der Waals surface area contributed by atoms with Crippen molar-refractivity contribution in [3.05, 3.63) is 79.4 Å². The van der Waals surface area contributed by atoms with Crippen LogP contribution in [0.4, 0.5) is 5.69 Å². The number of pyridine rings is 2. The summed E-state index contributed by atoms with van der Waals surface area (Å²) < 4.78 is 2.14. The first-order valence-corrected chi connectivity index (χ1v) is 12.1. The first kappa shape index (κ1) is 21.5. The van der Waals surface area contributed by atoms with Gasteiger partial charge in [0.2, 0.25) is 0 Å². The number of nitrogens with zero attached hydrogens (tertiary/aromatic N) is 7. The fourth-order valence-corrected chi connectivity index (χ4v) is 4.58. The van der Waals surface area contributed by atoms with Gasteiger partial charge >= 0.3 is 0 Å². The van der Waals surface area contributed by atoms with Crippen LogP contribution in [0, 0.1) is 5.92 Å². The Morgan fingerprint density at radius 2 is 1.63 bits per heavy atom. The molecule has 0 bridgehead atoms. The van der Waals surface area contributed by atoms with Gasteiger partial charge in [0.1, 0.15) is 5.69 Å². The molecule has 1 aliphatic heterocycles. The Morgan fingerprint density at radius 1 is 0.857 bits per heavy atom. The molecule has 5 heterocycles. The first-order valence-electron chi connectivity index (χ1n) is 12.1. The summed E-state index contributed by atoms with van der Waals surface area (Å²) in [5.74, 6) is 1.40. The lowest BCUT2D eigenvalue weighted by molar-refractivity contribution is 0.0735. The summed E-state index contributed by atoms with van der Waals surface area (Å²) in [4.78, 5) is 35.2. The van der Waals surface area contributed by atoms with Crippen LogP contribution < -0.4 is 4.90 Å². The summed E-state index contributed by atoms with van der Waals surface area (Å²) in [5, 5.41) is 0. The summed E-state index contributed by atoms with van der Waals surface area (Å²) >= 11 is 0. The maximum absolute atomic E-state index is 13.6. The average Bonchev–Trinajstić information content (AvgIpc) is 3.66. The largest absolute Gasteiger partial charge is 0.368 e. The third-order valence-corrected chi connectivity index (χ3v) is 6.77. The quantitative estimate of drug-likeness (QED) is 0.431. The molecule has 4 aromatic heterocycles. The Kier molecular flexibility index (Phi) is 5.70. The highest BCUT2D eigenvalue weighted by molar-refractivity contribution is 5.94. The molecule has 35 heavy (non-hydrogen) atoms. The van der Waals surface area contributed by atoms with Gasteiger partial charge in [0.15, 0.2) is 5.82 Å². The van der Waals surface area contributed by atoms with Crippen molar-refractivity contribution in [2.45, 2.75) is 19.4 Å². The van der Waals surface area contributed by atoms with Crippen LogP contribution in [0.25, 0.3) is 22.5 Å². The molecule has 2 aliphatic rings. The summed E-state index contributed by atoms with van der Waals surface area (Å²) in [6.45, 7) is 3.92. The minimum absolute atomic E-state index is 0.0965. The van der Waals surface area contributed by atoms with Gasteiger partial charge < -0.3 is 14.4 Å². The van der Waals surface area contributed by atoms with E-state index in [0.717, 1.165) is 47.7 Å². The van der Waals surface area contributed by atoms with Crippen LogP contribution in [0.15, 0.2) is 73.7 Å². The van der Waals surface area contributed by atoms with Crippen LogP contribution in [0.1, 0.15) is 23.3 Å². The minimum Gasteiger partial charge on any atom is -0.368 e. The number of anilines is 1. The topological polar surface area (TPSA) is 80.0 Å². The van der Waals surface area contributed by atoms with E-state index in [-0.39, 0.29) is 5.91 Å². The summed E-state index contributed by atoms with van der Waals surface area (Å²) in [5.41, 5.74) is 4.67. The molecule has 0 atom stereocenters. The zero-order valence-electron chi connectivity index (χ0n) is 19.5. The number of carbonyl (C=O) groups excluding carboxylic acids is 1. The third-order valence-electron chi connectivity index (χ3n) is 6.77. The zero-order chi connectivity index (χ0) is 23.6. The van der Waals surface area contributed by atoms with Crippen molar-refractivity contribution in [3.8, 4) is 22.5 Å². The van der Waals surface area contributed by atoms with E-state index in [4.69, 9.17) is 0 Å². The Morgan fingerprint density at radius 3 is 2.31 bits per heavy atom. The number of rotatable bonds is 6. The Balaban J connectivity index is 1.21. The number of carbonyl (C=O) groups is 1. The fourth-order valence-electron chi connectivity index (χ4n) is 4.58. The SMILES string of the molecule is O=C(c1cc(-c2cnc(-c3cccnc3)nc2)cn1CC1CC1)N1CCN(c2ccncc2)CC1. The first-order chi connectivity index (χ1) is 17.2. The Bertz CT molecular complexity index is 1290. The van der Waals surface area contributed by atoms with Crippen LogP contribution in [-0.2, 0) is 6.54 Å². The normalized spacial score (nSPS) is 15.9. The van der Waals surface area contributed by atoms with Crippen LogP contribution in [0.2, 0.25) is 0 Å². The lowest BCUT2D eigenvalue weighted by Crippen LogP contribution is -2.49. The highest BCUT2D eigenvalue weighted by Gasteiger charge is 2.28. The molecular formula is C27H27N7O. The molecule has 0 radical (unpaired) electrons. The zero-order valence-corrected chi connectivity index (χ0v) is 19.5. The van der Waals surface area contributed by atoms with Crippen molar-refractivity contribution in [2.24, 2.45) is 5.92 Å². The molecule has 8 nitrogen and oxygen atoms in total. The van der Waals surface area contributed by atoms with Crippen LogP contribution in [0.5, 0.6) is 0 Å². The minimum atomic E-state index is 0.0965. The highest BCUT2D eigenvalue weighted by atomic mass is 16.2. The van der Waals surface area contributed by atoms with Crippen molar-refractivity contribution in [1.82, 2.24) is 29.4 Å². The summed E-state index contributed by atoms with van der Waals surface area (Å²) in [6.07, 6.45) is 15.3. The Hall–Kier alpha value is -4.07. The lowest BCUT2D eigenvalue weighted by Gasteiger charge is -2.36. The van der Waals surface area contributed by atoms with Crippen molar-refractivity contribution in [1.29, 1.82) is 0 Å². The third kappa shape index (κ3) is 4.64. The lowest BCUT2D eigenvalue weighted by atomic mass is 10.1. The number of hydrogen-bond donors (Lipinski definition) is 0. The molecule has 0 N–H and O–H groups in total. The van der Waals surface area contributed by atoms with Crippen molar-refractivity contribution in [3.63, 3.8) is 0 Å². The van der Waals surface area contributed by atoms with E-state index >= 15 is 0 Å². The molecule has 0 spiro atoms. The van der Waals surface area contributed by atoms with E-state index in [1.54, 1.807) is 12.4 Å². The molecule has 6 rings (SSSR count). The average molecular weight is 466 g/mol. The van der Waals surface area contributed by atoms with Crippen LogP contribution in [-0.4, -0.2) is 61.5 Å². The predicted octanol–water partition coefficient (Wildman–Crippen LogP) is 3.77. The highest BCUT2D eigenvalue weighted by Crippen LogP contribution is 2.33. The number of piperazine rings is 1. The van der Waals surface area contributed by atoms with Crippen LogP contribution >= 0.6 is 0 Å². The molecule has 0 aromatic carbocycles. The van der Waals surface area contributed by atoms with Gasteiger partial charge in [-0.1, -0.05) is 0 Å². The van der Waals surface area contributed by atoms with Crippen molar-refractivity contribution in [2.75, 3.05) is 31.1 Å². The van der Waals surface area contributed by atoms with Gasteiger partial charge in [-0.2, -0.15) is 0 Å². The molecule has 1 saturated carbocycles. The fraction of sp³-hybridized carbons (Fsp3) is 0.296. The van der Waals surface area contributed by atoms with Gasteiger partial charge in [0.05, 0.1) is 0 Å². The summed E-state index contributed by atoms with van der Waals surface area (Å²) in [6, 6.07) is 9.86. The van der Waals surface area contributed by atoms with Gasteiger partial charge in [-0.3, -0.25) is 14.8 Å². The monoisotopic (exact) mass is 465 g/mol. The number of hydrogen-bond acceptors (Lipinski definition) is 6. The van der Waals surface area contributed by atoms with Gasteiger partial charge in [-0.15, -0.1) is 0 Å². The van der Waals surface area contributed by atoms with E-state index in [2.05, 4.69) is 35.6 Å². The van der Waals surface area contributed by atoms with Crippen molar-refractivity contribution < 1.29 is 4.79 Å². The van der Waals surface area contributed by atoms with E-state index in [1.165, 1.54) is 12.8 Å². The van der Waals surface area contributed by atoms with Gasteiger partial charge in [-0.05, 0) is 49.1 Å². The Labute approximate surface area is 204 Å². The molecule has 4 aromatic rings. The number of amides is 1. The van der Waals surface area contributed by atoms with Gasteiger partial charge in [0.25, 0.3) is 5.91 Å². The van der Waals surface area contributed by atoms with Gasteiger partial charge in [-0.25, -0.2) is 9.97 Å². The second-order valence-electron chi connectivity index (χ2n) is 9.23. The van der Waals surface area contributed by atoms with Crippen molar-refractivity contribution >= 4 is 11.6 Å². The molecule has 176 valence electrons. The molecule has 1 saturated heterocycles. The predicted molar refractivity (Wildman–Crippen MR) is 134 cm³/mol. The second-order valence-corrected chi connectivity index (χ2v) is 9.23. The smallest absolute Gasteiger partial charge is 0.270 e. The van der Waals surface area contributed by atoms with E-state index in [0.29, 0.717) is 24.8 Å². The molecule has 0 unspecified atom stereocenters. The maximum atomic E-state index is 13.6. The molecule has 2 fully saturated rings. The molecule has 1 amide bonds. The maximum Gasteiger partial charge on any atom is 0.270 e. The van der Waals surface area contributed by atoms with Crippen LogP contribution in [0.3, 0.4) is 0 Å². The van der Waals surface area contributed by atoms with E-state index in [1.807, 2.05) is 60.0 Å². The molecule has 1 aliphatic carbocycles. The molecular weight excluding hydrogens is 438 g/mol. The second kappa shape index (κ2) is 9.29. The summed E-state index contributed by atoms with van der Waals surface area (Å²) in [7, 11) is 0.